The van der Waals surface area contributed by atoms with Gasteiger partial charge in [-0.3, -0.25) is 0 Å². The van der Waals surface area contributed by atoms with Crippen LogP contribution in [0.5, 0.6) is 0 Å². The number of allylic oxidation sites excluding steroid dienone is 4. The molecule has 0 heterocycles. The maximum atomic E-state index is 5.69. The molecule has 11 heavy (non-hydrogen) atoms. The van der Waals surface area contributed by atoms with Gasteiger partial charge in [-0.15, -0.1) is 0 Å². The molecule has 0 unspecified atom stereocenters. The summed E-state index contributed by atoms with van der Waals surface area (Å²) in [6.07, 6.45) is 7.09. The summed E-state index contributed by atoms with van der Waals surface area (Å²) in [7, 11) is 0. The zero-order chi connectivity index (χ0) is 8.69. The van der Waals surface area contributed by atoms with Crippen molar-refractivity contribution in [1.29, 1.82) is 0 Å². The Morgan fingerprint density at radius 3 is 2.64 bits per heavy atom. The molecule has 0 spiro atoms. The quantitative estimate of drug-likeness (QED) is 0.647. The number of rotatable bonds is 4. The van der Waals surface area contributed by atoms with E-state index in [0.717, 1.165) is 18.4 Å². The predicted octanol–water partition coefficient (Wildman–Crippen LogP) is 2.94. The van der Waals surface area contributed by atoms with Gasteiger partial charge < -0.3 is 5.73 Å². The van der Waals surface area contributed by atoms with E-state index >= 15 is 0 Å². The Morgan fingerprint density at radius 2 is 2.27 bits per heavy atom. The Labute approximate surface area is 73.2 Å². The van der Waals surface area contributed by atoms with Crippen molar-refractivity contribution >= 4 is 11.6 Å². The van der Waals surface area contributed by atoms with E-state index in [1.54, 1.807) is 6.08 Å². The highest BCUT2D eigenvalue weighted by atomic mass is 35.5. The first-order valence-corrected chi connectivity index (χ1v) is 4.02. The molecule has 0 amide bonds. The van der Waals surface area contributed by atoms with Crippen LogP contribution in [0.25, 0.3) is 0 Å². The number of nitrogens with two attached hydrogens (primary N) is 1. The summed E-state index contributed by atoms with van der Waals surface area (Å²) in [4.78, 5) is 0. The second-order valence-electron chi connectivity index (χ2n) is 2.22. The number of halogens is 1. The lowest BCUT2D eigenvalue weighted by molar-refractivity contribution is 0.926. The summed E-state index contributed by atoms with van der Waals surface area (Å²) in [6, 6.07) is 0. The van der Waals surface area contributed by atoms with Crippen molar-refractivity contribution in [3.05, 3.63) is 35.5 Å². The highest BCUT2D eigenvalue weighted by Crippen LogP contribution is 2.11. The monoisotopic (exact) mass is 171 g/mol. The van der Waals surface area contributed by atoms with Crippen molar-refractivity contribution in [3.63, 3.8) is 0 Å². The summed E-state index contributed by atoms with van der Waals surface area (Å²) in [5.74, 6) is 0. The molecule has 0 aromatic carbocycles. The molecule has 0 radical (unpaired) electrons. The Hall–Kier alpha value is -0.690. The van der Waals surface area contributed by atoms with Gasteiger partial charge in [-0.25, -0.2) is 0 Å². The van der Waals surface area contributed by atoms with E-state index in [1.807, 2.05) is 6.08 Å². The van der Waals surface area contributed by atoms with Crippen molar-refractivity contribution in [2.45, 2.75) is 19.8 Å². The minimum absolute atomic E-state index is 0.563. The van der Waals surface area contributed by atoms with Crippen LogP contribution in [0.4, 0.5) is 0 Å². The van der Waals surface area contributed by atoms with Gasteiger partial charge in [0.1, 0.15) is 0 Å². The molecule has 0 fully saturated rings. The molecule has 0 bridgehead atoms. The summed E-state index contributed by atoms with van der Waals surface area (Å²) in [5.41, 5.74) is 6.32. The van der Waals surface area contributed by atoms with Gasteiger partial charge in [0.05, 0.1) is 5.03 Å². The predicted molar refractivity (Wildman–Crippen MR) is 51.3 cm³/mol. The third-order valence-electron chi connectivity index (χ3n) is 1.28. The number of hydrogen-bond acceptors (Lipinski definition) is 1. The SMILES string of the molecule is C=C/C(=C\C(Cl)=C/N)CCC. The zero-order valence-electron chi connectivity index (χ0n) is 6.81. The van der Waals surface area contributed by atoms with E-state index in [2.05, 4.69) is 13.5 Å². The van der Waals surface area contributed by atoms with Gasteiger partial charge in [0, 0.05) is 6.20 Å². The average Bonchev–Trinajstić information content (AvgIpc) is 2.03. The topological polar surface area (TPSA) is 26.0 Å². The van der Waals surface area contributed by atoms with Crippen molar-refractivity contribution in [1.82, 2.24) is 0 Å². The molecule has 0 saturated carbocycles. The largest absolute Gasteiger partial charge is 0.403 e. The van der Waals surface area contributed by atoms with Crippen molar-refractivity contribution in [2.24, 2.45) is 5.73 Å². The third-order valence-corrected chi connectivity index (χ3v) is 1.52. The van der Waals surface area contributed by atoms with E-state index < -0.39 is 0 Å². The van der Waals surface area contributed by atoms with E-state index in [4.69, 9.17) is 17.3 Å². The molecule has 0 saturated heterocycles. The summed E-state index contributed by atoms with van der Waals surface area (Å²) in [6.45, 7) is 5.78. The summed E-state index contributed by atoms with van der Waals surface area (Å²) < 4.78 is 0. The minimum Gasteiger partial charge on any atom is -0.403 e. The molecule has 1 nitrogen and oxygen atoms in total. The van der Waals surface area contributed by atoms with Crippen LogP contribution < -0.4 is 5.73 Å². The van der Waals surface area contributed by atoms with Gasteiger partial charge in [0.2, 0.25) is 0 Å². The standard InChI is InChI=1S/C9H14ClN/c1-3-5-8(4-2)6-9(10)7-11/h4,6-7H,2-3,5,11H2,1H3/b8-6+,9-7+. The van der Waals surface area contributed by atoms with E-state index in [0.29, 0.717) is 5.03 Å². The average molecular weight is 172 g/mol. The first-order valence-electron chi connectivity index (χ1n) is 3.65. The van der Waals surface area contributed by atoms with Crippen LogP contribution in [-0.2, 0) is 0 Å². The maximum absolute atomic E-state index is 5.69. The van der Waals surface area contributed by atoms with Crippen LogP contribution in [0.3, 0.4) is 0 Å². The maximum Gasteiger partial charge on any atom is 0.0563 e. The van der Waals surface area contributed by atoms with Gasteiger partial charge in [-0.2, -0.15) is 0 Å². The molecule has 62 valence electrons. The minimum atomic E-state index is 0.563. The molecular weight excluding hydrogens is 158 g/mol. The van der Waals surface area contributed by atoms with Crippen molar-refractivity contribution in [2.75, 3.05) is 0 Å². The molecule has 2 heteroatoms. The van der Waals surface area contributed by atoms with Crippen LogP contribution in [0.15, 0.2) is 35.5 Å². The Kier molecular flexibility index (Phi) is 5.67. The molecule has 2 N–H and O–H groups in total. The molecule has 0 aliphatic carbocycles. The normalized spacial score (nSPS) is 13.3. The Balaban J connectivity index is 4.22. The highest BCUT2D eigenvalue weighted by molar-refractivity contribution is 6.31. The Bertz CT molecular complexity index is 180. The molecule has 0 aliphatic heterocycles. The fraction of sp³-hybridized carbons (Fsp3) is 0.333. The third kappa shape index (κ3) is 4.68. The molecule has 0 aromatic rings. The first-order chi connectivity index (χ1) is 5.24. The molecule has 0 aliphatic rings. The van der Waals surface area contributed by atoms with Gasteiger partial charge >= 0.3 is 0 Å². The van der Waals surface area contributed by atoms with Crippen LogP contribution in [0.2, 0.25) is 0 Å². The molecule has 0 atom stereocenters. The van der Waals surface area contributed by atoms with Crippen LogP contribution in [0, 0.1) is 0 Å². The fourth-order valence-electron chi connectivity index (χ4n) is 0.747. The fourth-order valence-corrected chi connectivity index (χ4v) is 0.887. The lowest BCUT2D eigenvalue weighted by Crippen LogP contribution is -1.82. The number of hydrogen-bond donors (Lipinski definition) is 1. The van der Waals surface area contributed by atoms with Gasteiger partial charge in [-0.1, -0.05) is 37.6 Å². The van der Waals surface area contributed by atoms with Crippen LogP contribution in [-0.4, -0.2) is 0 Å². The van der Waals surface area contributed by atoms with E-state index in [1.165, 1.54) is 6.20 Å². The summed E-state index contributed by atoms with van der Waals surface area (Å²) in [5, 5.41) is 0.563. The van der Waals surface area contributed by atoms with E-state index in [9.17, 15) is 0 Å². The molecular formula is C9H14ClN. The zero-order valence-corrected chi connectivity index (χ0v) is 7.56. The van der Waals surface area contributed by atoms with Crippen LogP contribution >= 0.6 is 11.6 Å². The Morgan fingerprint density at radius 1 is 1.64 bits per heavy atom. The molecule has 0 rings (SSSR count). The summed E-state index contributed by atoms with van der Waals surface area (Å²) >= 11 is 5.69. The van der Waals surface area contributed by atoms with Gasteiger partial charge in [0.15, 0.2) is 0 Å². The lowest BCUT2D eigenvalue weighted by Gasteiger charge is -1.96. The van der Waals surface area contributed by atoms with Crippen molar-refractivity contribution in [3.8, 4) is 0 Å². The highest BCUT2D eigenvalue weighted by Gasteiger charge is 1.90. The van der Waals surface area contributed by atoms with Gasteiger partial charge in [-0.05, 0) is 18.1 Å². The second-order valence-corrected chi connectivity index (χ2v) is 2.66. The smallest absolute Gasteiger partial charge is 0.0563 e. The van der Waals surface area contributed by atoms with Gasteiger partial charge in [0.25, 0.3) is 0 Å². The van der Waals surface area contributed by atoms with Crippen molar-refractivity contribution < 1.29 is 0 Å². The van der Waals surface area contributed by atoms with Crippen LogP contribution in [0.1, 0.15) is 19.8 Å². The van der Waals surface area contributed by atoms with E-state index in [-0.39, 0.29) is 0 Å². The second kappa shape index (κ2) is 6.05. The lowest BCUT2D eigenvalue weighted by atomic mass is 10.1. The first kappa shape index (κ1) is 10.3. The molecule has 0 aromatic heterocycles.